The molecule has 1 aromatic rings. The molecule has 1 unspecified atom stereocenters. The molecule has 0 amide bonds. The van der Waals surface area contributed by atoms with Gasteiger partial charge in [-0.05, 0) is 31.5 Å². The van der Waals surface area contributed by atoms with Crippen LogP contribution in [-0.2, 0) is 9.53 Å². The minimum atomic E-state index is -0.697. The number of esters is 1. The summed E-state index contributed by atoms with van der Waals surface area (Å²) in [5.41, 5.74) is 0. The lowest BCUT2D eigenvalue weighted by atomic mass is 10.1. The summed E-state index contributed by atoms with van der Waals surface area (Å²) in [4.78, 5) is 12.0. The van der Waals surface area contributed by atoms with Crippen LogP contribution in [0.2, 0.25) is 10.0 Å². The second-order valence-corrected chi connectivity index (χ2v) is 7.53. The highest BCUT2D eigenvalue weighted by molar-refractivity contribution is 6.35. The first kappa shape index (κ1) is 23.1. The van der Waals surface area contributed by atoms with Gasteiger partial charge in [0.1, 0.15) is 5.75 Å². The minimum absolute atomic E-state index is 0.369. The Morgan fingerprint density at radius 3 is 2.12 bits per heavy atom. The lowest BCUT2D eigenvalue weighted by molar-refractivity contribution is -0.151. The zero-order chi connectivity index (χ0) is 19.2. The first-order chi connectivity index (χ1) is 12.5. The Morgan fingerprint density at radius 1 is 0.962 bits per heavy atom. The number of benzene rings is 1. The van der Waals surface area contributed by atoms with Gasteiger partial charge in [-0.3, -0.25) is 0 Å². The van der Waals surface area contributed by atoms with Crippen LogP contribution in [0.4, 0.5) is 0 Å². The van der Waals surface area contributed by atoms with Gasteiger partial charge in [-0.2, -0.15) is 0 Å². The van der Waals surface area contributed by atoms with Crippen molar-refractivity contribution in [2.45, 2.75) is 84.2 Å². The molecule has 0 aromatic heterocycles. The van der Waals surface area contributed by atoms with Gasteiger partial charge in [-0.25, -0.2) is 4.79 Å². The first-order valence-corrected chi connectivity index (χ1v) is 10.6. The predicted molar refractivity (Wildman–Crippen MR) is 109 cm³/mol. The Hall–Kier alpha value is -0.930. The van der Waals surface area contributed by atoms with E-state index >= 15 is 0 Å². The third-order valence-electron chi connectivity index (χ3n) is 4.27. The normalized spacial score (nSPS) is 12.0. The van der Waals surface area contributed by atoms with Gasteiger partial charge in [0, 0.05) is 5.02 Å². The van der Waals surface area contributed by atoms with E-state index < -0.39 is 6.10 Å². The maximum absolute atomic E-state index is 12.0. The van der Waals surface area contributed by atoms with Crippen LogP contribution in [0, 0.1) is 0 Å². The summed E-state index contributed by atoms with van der Waals surface area (Å²) in [5, 5.41) is 0.908. The molecule has 1 aromatic carbocycles. The molecule has 0 aliphatic rings. The Balaban J connectivity index is 2.05. The third-order valence-corrected chi connectivity index (χ3v) is 4.80. The van der Waals surface area contributed by atoms with E-state index in [2.05, 4.69) is 6.92 Å². The lowest BCUT2D eigenvalue weighted by Gasteiger charge is -2.15. The number of unbranched alkanes of at least 4 members (excludes halogenated alkanes) is 9. The zero-order valence-electron chi connectivity index (χ0n) is 16.1. The molecule has 1 rings (SSSR count). The molecule has 0 heterocycles. The van der Waals surface area contributed by atoms with Crippen LogP contribution in [0.5, 0.6) is 5.75 Å². The fourth-order valence-corrected chi connectivity index (χ4v) is 3.14. The Bertz CT molecular complexity index is 520. The largest absolute Gasteiger partial charge is 0.477 e. The van der Waals surface area contributed by atoms with Gasteiger partial charge in [-0.15, -0.1) is 0 Å². The quantitative estimate of drug-likeness (QED) is 0.243. The molecule has 0 bridgehead atoms. The topological polar surface area (TPSA) is 35.5 Å². The van der Waals surface area contributed by atoms with Crippen LogP contribution in [0.15, 0.2) is 18.2 Å². The van der Waals surface area contributed by atoms with Gasteiger partial charge in [-0.1, -0.05) is 87.9 Å². The zero-order valence-corrected chi connectivity index (χ0v) is 17.6. The van der Waals surface area contributed by atoms with E-state index in [1.807, 2.05) is 0 Å². The Morgan fingerprint density at radius 2 is 1.54 bits per heavy atom. The van der Waals surface area contributed by atoms with Crippen molar-refractivity contribution in [2.24, 2.45) is 0 Å². The number of carbonyl (C=O) groups excluding carboxylic acids is 1. The molecule has 0 aliphatic heterocycles. The summed E-state index contributed by atoms with van der Waals surface area (Å²) in [5.74, 6) is 0.0615. The molecule has 0 spiro atoms. The Kier molecular flexibility index (Phi) is 12.6. The van der Waals surface area contributed by atoms with Gasteiger partial charge in [0.15, 0.2) is 6.10 Å². The molecule has 148 valence electrons. The highest BCUT2D eigenvalue weighted by Gasteiger charge is 2.17. The number of ether oxygens (including phenoxy) is 2. The van der Waals surface area contributed by atoms with E-state index in [-0.39, 0.29) is 5.97 Å². The molecule has 0 fully saturated rings. The van der Waals surface area contributed by atoms with Crippen molar-refractivity contribution in [2.75, 3.05) is 6.61 Å². The van der Waals surface area contributed by atoms with Crippen molar-refractivity contribution in [3.63, 3.8) is 0 Å². The van der Waals surface area contributed by atoms with E-state index in [4.69, 9.17) is 32.7 Å². The molecule has 0 saturated heterocycles. The van der Waals surface area contributed by atoms with Crippen molar-refractivity contribution < 1.29 is 14.3 Å². The number of carbonyl (C=O) groups is 1. The summed E-state index contributed by atoms with van der Waals surface area (Å²) < 4.78 is 10.8. The van der Waals surface area contributed by atoms with Crippen LogP contribution in [-0.4, -0.2) is 18.7 Å². The van der Waals surface area contributed by atoms with Crippen LogP contribution in [0.3, 0.4) is 0 Å². The van der Waals surface area contributed by atoms with Gasteiger partial charge in [0.05, 0.1) is 11.6 Å². The molecule has 26 heavy (non-hydrogen) atoms. The average Bonchev–Trinajstić information content (AvgIpc) is 2.61. The van der Waals surface area contributed by atoms with E-state index in [9.17, 15) is 4.79 Å². The molecule has 0 saturated carbocycles. The Labute approximate surface area is 168 Å². The second kappa shape index (κ2) is 14.2. The van der Waals surface area contributed by atoms with Crippen LogP contribution >= 0.6 is 23.2 Å². The maximum Gasteiger partial charge on any atom is 0.347 e. The van der Waals surface area contributed by atoms with E-state index in [0.717, 1.165) is 12.8 Å². The summed E-state index contributed by atoms with van der Waals surface area (Å²) in [6, 6.07) is 4.90. The van der Waals surface area contributed by atoms with E-state index in [1.165, 1.54) is 51.4 Å². The number of hydrogen-bond donors (Lipinski definition) is 0. The van der Waals surface area contributed by atoms with Crippen molar-refractivity contribution in [1.82, 2.24) is 0 Å². The van der Waals surface area contributed by atoms with Crippen molar-refractivity contribution in [3.05, 3.63) is 28.2 Å². The number of halogens is 2. The number of rotatable bonds is 14. The summed E-state index contributed by atoms with van der Waals surface area (Å²) in [7, 11) is 0. The molecule has 0 aliphatic carbocycles. The maximum atomic E-state index is 12.0. The highest BCUT2D eigenvalue weighted by Crippen LogP contribution is 2.28. The van der Waals surface area contributed by atoms with Crippen molar-refractivity contribution in [1.29, 1.82) is 0 Å². The molecule has 1 atom stereocenters. The summed E-state index contributed by atoms with van der Waals surface area (Å²) in [6.07, 6.45) is 11.8. The monoisotopic (exact) mass is 402 g/mol. The van der Waals surface area contributed by atoms with Crippen LogP contribution in [0.25, 0.3) is 0 Å². The van der Waals surface area contributed by atoms with E-state index in [0.29, 0.717) is 22.4 Å². The predicted octanol–water partition coefficient (Wildman–Crippen LogP) is 7.22. The molecular formula is C21H32Cl2O3. The standard InChI is InChI=1S/C21H32Cl2O3/c1-3-4-5-6-7-8-9-10-11-12-15-25-21(24)17(2)26-20-14-13-18(22)16-19(20)23/h13-14,16-17H,3-12,15H2,1-2H3. The third kappa shape index (κ3) is 10.3. The smallest absolute Gasteiger partial charge is 0.347 e. The van der Waals surface area contributed by atoms with Gasteiger partial charge >= 0.3 is 5.97 Å². The summed E-state index contributed by atoms with van der Waals surface area (Å²) in [6.45, 7) is 4.34. The average molecular weight is 403 g/mol. The fraction of sp³-hybridized carbons (Fsp3) is 0.667. The second-order valence-electron chi connectivity index (χ2n) is 6.68. The molecule has 3 nitrogen and oxygen atoms in total. The fourth-order valence-electron chi connectivity index (χ4n) is 2.69. The highest BCUT2D eigenvalue weighted by atomic mass is 35.5. The number of hydrogen-bond acceptors (Lipinski definition) is 3. The molecule has 0 N–H and O–H groups in total. The molecule has 0 radical (unpaired) electrons. The first-order valence-electron chi connectivity index (χ1n) is 9.83. The van der Waals surface area contributed by atoms with Gasteiger partial charge < -0.3 is 9.47 Å². The van der Waals surface area contributed by atoms with Crippen LogP contribution < -0.4 is 4.74 Å². The lowest BCUT2D eigenvalue weighted by Crippen LogP contribution is -2.26. The minimum Gasteiger partial charge on any atom is -0.477 e. The van der Waals surface area contributed by atoms with Crippen LogP contribution in [0.1, 0.15) is 78.1 Å². The van der Waals surface area contributed by atoms with Crippen molar-refractivity contribution in [3.8, 4) is 5.75 Å². The van der Waals surface area contributed by atoms with Gasteiger partial charge in [0.2, 0.25) is 0 Å². The summed E-state index contributed by atoms with van der Waals surface area (Å²) >= 11 is 11.9. The van der Waals surface area contributed by atoms with Gasteiger partial charge in [0.25, 0.3) is 0 Å². The SMILES string of the molecule is CCCCCCCCCCCCOC(=O)C(C)Oc1ccc(Cl)cc1Cl. The van der Waals surface area contributed by atoms with E-state index in [1.54, 1.807) is 25.1 Å². The molecule has 5 heteroatoms. The van der Waals surface area contributed by atoms with Crippen molar-refractivity contribution >= 4 is 29.2 Å². The molecular weight excluding hydrogens is 371 g/mol.